The molecule has 0 radical (unpaired) electrons. The van der Waals surface area contributed by atoms with E-state index in [0.717, 1.165) is 16.8 Å². The van der Waals surface area contributed by atoms with Crippen molar-refractivity contribution in [3.05, 3.63) is 75.0 Å². The normalized spacial score (nSPS) is 11.3. The lowest BCUT2D eigenvalue weighted by atomic mass is 10.1. The number of rotatable bonds is 4. The van der Waals surface area contributed by atoms with E-state index in [9.17, 15) is 0 Å². The van der Waals surface area contributed by atoms with Gasteiger partial charge in [-0.3, -0.25) is 5.10 Å². The lowest BCUT2D eigenvalue weighted by Crippen LogP contribution is -1.95. The molecule has 0 aliphatic rings. The summed E-state index contributed by atoms with van der Waals surface area (Å²) in [5, 5.41) is 19.7. The molecule has 0 saturated carbocycles. The maximum absolute atomic E-state index is 6.04. The Labute approximate surface area is 169 Å². The van der Waals surface area contributed by atoms with Crippen molar-refractivity contribution in [2.45, 2.75) is 0 Å². The minimum Gasteiger partial charge on any atom is -0.274 e. The first-order valence-electron chi connectivity index (χ1n) is 7.90. The largest absolute Gasteiger partial charge is 0.274 e. The van der Waals surface area contributed by atoms with E-state index >= 15 is 0 Å². The minimum absolute atomic E-state index is 0.358. The molecule has 0 aliphatic heterocycles. The van der Waals surface area contributed by atoms with Crippen molar-refractivity contribution in [2.75, 3.05) is 0 Å². The molecule has 4 aromatic rings. The van der Waals surface area contributed by atoms with Crippen molar-refractivity contribution < 1.29 is 0 Å². The summed E-state index contributed by atoms with van der Waals surface area (Å²) >= 11 is 17.3. The summed E-state index contributed by atoms with van der Waals surface area (Å²) in [7, 11) is 0. The highest BCUT2D eigenvalue weighted by Gasteiger charge is 2.12. The van der Waals surface area contributed by atoms with Gasteiger partial charge in [0.2, 0.25) is 10.6 Å². The number of nitrogens with zero attached hydrogens (tertiary/aromatic N) is 4. The standard InChI is InChI=1S/C18H12Cl2N6S/c19-13-7-6-11(8-14(13)20)10-21-26-17(24-25-18(26)27)16-9-15(22-23-16)12-4-2-1-3-5-12/h1-10H,(H,22,23)(H,25,27). The maximum Gasteiger partial charge on any atom is 0.216 e. The summed E-state index contributed by atoms with van der Waals surface area (Å²) in [4.78, 5) is 0. The summed E-state index contributed by atoms with van der Waals surface area (Å²) < 4.78 is 1.87. The van der Waals surface area contributed by atoms with E-state index in [2.05, 4.69) is 25.5 Å². The second-order valence-electron chi connectivity index (χ2n) is 5.62. The van der Waals surface area contributed by atoms with Crippen molar-refractivity contribution in [1.29, 1.82) is 0 Å². The van der Waals surface area contributed by atoms with Gasteiger partial charge in [-0.15, -0.1) is 0 Å². The molecule has 2 aromatic heterocycles. The van der Waals surface area contributed by atoms with Gasteiger partial charge < -0.3 is 0 Å². The van der Waals surface area contributed by atoms with Crippen LogP contribution in [0.1, 0.15) is 5.56 Å². The molecule has 0 amide bonds. The summed E-state index contributed by atoms with van der Waals surface area (Å²) in [5.74, 6) is 0.519. The zero-order chi connectivity index (χ0) is 18.8. The van der Waals surface area contributed by atoms with E-state index in [1.807, 2.05) is 42.5 Å². The van der Waals surface area contributed by atoms with Gasteiger partial charge >= 0.3 is 0 Å². The summed E-state index contributed by atoms with van der Waals surface area (Å²) in [6.07, 6.45) is 1.63. The fourth-order valence-corrected chi connectivity index (χ4v) is 2.97. The molecule has 4 rings (SSSR count). The van der Waals surface area contributed by atoms with Gasteiger partial charge in [-0.1, -0.05) is 59.6 Å². The van der Waals surface area contributed by atoms with Gasteiger partial charge in [-0.05, 0) is 36.0 Å². The van der Waals surface area contributed by atoms with Crippen molar-refractivity contribution in [3.8, 4) is 22.8 Å². The highest BCUT2D eigenvalue weighted by Crippen LogP contribution is 2.23. The van der Waals surface area contributed by atoms with Gasteiger partial charge in [0.05, 0.1) is 22.0 Å². The zero-order valence-electron chi connectivity index (χ0n) is 13.7. The van der Waals surface area contributed by atoms with Gasteiger partial charge in [0.25, 0.3) is 0 Å². The van der Waals surface area contributed by atoms with Crippen molar-refractivity contribution in [1.82, 2.24) is 25.1 Å². The van der Waals surface area contributed by atoms with Gasteiger partial charge in [-0.2, -0.15) is 20.0 Å². The van der Waals surface area contributed by atoms with E-state index in [1.54, 1.807) is 18.3 Å². The lowest BCUT2D eigenvalue weighted by Gasteiger charge is -1.99. The summed E-state index contributed by atoms with van der Waals surface area (Å²) in [5.41, 5.74) is 3.28. The van der Waals surface area contributed by atoms with E-state index in [1.165, 1.54) is 4.68 Å². The minimum atomic E-state index is 0.358. The van der Waals surface area contributed by atoms with E-state index in [0.29, 0.717) is 26.3 Å². The number of aromatic amines is 2. The third-order valence-electron chi connectivity index (χ3n) is 3.80. The van der Waals surface area contributed by atoms with Crippen LogP contribution in [0.2, 0.25) is 10.0 Å². The van der Waals surface area contributed by atoms with E-state index in [4.69, 9.17) is 35.4 Å². The second-order valence-corrected chi connectivity index (χ2v) is 6.82. The fourth-order valence-electron chi connectivity index (χ4n) is 2.48. The number of hydrogen-bond donors (Lipinski definition) is 2. The smallest absolute Gasteiger partial charge is 0.216 e. The molecule has 0 atom stereocenters. The average molecular weight is 415 g/mol. The Morgan fingerprint density at radius 2 is 1.78 bits per heavy atom. The third kappa shape index (κ3) is 3.71. The van der Waals surface area contributed by atoms with Crippen LogP contribution < -0.4 is 0 Å². The van der Waals surface area contributed by atoms with Crippen LogP contribution in [-0.2, 0) is 0 Å². The molecule has 0 fully saturated rings. The number of nitrogens with one attached hydrogen (secondary N) is 2. The van der Waals surface area contributed by atoms with Crippen LogP contribution >= 0.6 is 35.4 Å². The van der Waals surface area contributed by atoms with Crippen molar-refractivity contribution in [3.63, 3.8) is 0 Å². The quantitative estimate of drug-likeness (QED) is 0.356. The number of benzene rings is 2. The average Bonchev–Trinajstić information content (AvgIpc) is 3.30. The highest BCUT2D eigenvalue weighted by molar-refractivity contribution is 7.71. The molecule has 2 N–H and O–H groups in total. The molecule has 2 heterocycles. The summed E-state index contributed by atoms with van der Waals surface area (Å²) in [6.45, 7) is 0. The first-order valence-corrected chi connectivity index (χ1v) is 9.06. The van der Waals surface area contributed by atoms with Gasteiger partial charge in [0, 0.05) is 5.56 Å². The SMILES string of the molecule is S=c1[nH]nc(-c2cc(-c3ccccc3)n[nH]2)n1N=Cc1ccc(Cl)c(Cl)c1. The van der Waals surface area contributed by atoms with Crippen LogP contribution in [0.5, 0.6) is 0 Å². The lowest BCUT2D eigenvalue weighted by molar-refractivity contribution is 0.865. The monoisotopic (exact) mass is 414 g/mol. The van der Waals surface area contributed by atoms with E-state index in [-0.39, 0.29) is 0 Å². The molecule has 6 nitrogen and oxygen atoms in total. The molecule has 0 bridgehead atoms. The molecular formula is C18H12Cl2N6S. The highest BCUT2D eigenvalue weighted by atomic mass is 35.5. The number of aromatic nitrogens is 5. The topological polar surface area (TPSA) is 74.7 Å². The van der Waals surface area contributed by atoms with Gasteiger partial charge in [0.1, 0.15) is 5.69 Å². The Kier molecular flexibility index (Phi) is 4.89. The van der Waals surface area contributed by atoms with Crippen LogP contribution in [0.25, 0.3) is 22.8 Å². The van der Waals surface area contributed by atoms with Crippen molar-refractivity contribution in [2.24, 2.45) is 5.10 Å². The maximum atomic E-state index is 6.04. The fraction of sp³-hybridized carbons (Fsp3) is 0. The molecule has 0 unspecified atom stereocenters. The Bertz CT molecular complexity index is 1180. The Morgan fingerprint density at radius 3 is 2.56 bits per heavy atom. The van der Waals surface area contributed by atoms with Crippen LogP contribution in [0.15, 0.2) is 59.7 Å². The molecule has 0 aliphatic carbocycles. The molecule has 9 heteroatoms. The van der Waals surface area contributed by atoms with Gasteiger partial charge in [-0.25, -0.2) is 5.10 Å². The Morgan fingerprint density at radius 1 is 0.963 bits per heavy atom. The first kappa shape index (κ1) is 17.7. The van der Waals surface area contributed by atoms with Crippen LogP contribution in [0.4, 0.5) is 0 Å². The summed E-state index contributed by atoms with van der Waals surface area (Å²) in [6, 6.07) is 17.0. The predicted molar refractivity (Wildman–Crippen MR) is 110 cm³/mol. The molecular weight excluding hydrogens is 403 g/mol. The van der Waals surface area contributed by atoms with Crippen LogP contribution in [0, 0.1) is 4.77 Å². The van der Waals surface area contributed by atoms with Gasteiger partial charge in [0.15, 0.2) is 0 Å². The van der Waals surface area contributed by atoms with E-state index < -0.39 is 0 Å². The van der Waals surface area contributed by atoms with Crippen molar-refractivity contribution >= 4 is 41.6 Å². The zero-order valence-corrected chi connectivity index (χ0v) is 16.1. The van der Waals surface area contributed by atoms with Crippen LogP contribution in [-0.4, -0.2) is 31.3 Å². The predicted octanol–water partition coefficient (Wildman–Crippen LogP) is 5.19. The number of halogens is 2. The van der Waals surface area contributed by atoms with Crippen LogP contribution in [0.3, 0.4) is 0 Å². The molecule has 134 valence electrons. The number of hydrogen-bond acceptors (Lipinski definition) is 4. The second kappa shape index (κ2) is 7.48. The first-order chi connectivity index (χ1) is 13.1. The molecule has 27 heavy (non-hydrogen) atoms. The third-order valence-corrected chi connectivity index (χ3v) is 4.81. The number of H-pyrrole nitrogens is 2. The molecule has 0 spiro atoms. The molecule has 0 saturated heterocycles. The Balaban J connectivity index is 1.68. The molecule has 2 aromatic carbocycles. The Hall–Kier alpha value is -2.74.